The van der Waals surface area contributed by atoms with Gasteiger partial charge < -0.3 is 10.6 Å². The van der Waals surface area contributed by atoms with E-state index in [-0.39, 0.29) is 16.3 Å². The van der Waals surface area contributed by atoms with Gasteiger partial charge in [0.1, 0.15) is 17.1 Å². The van der Waals surface area contributed by atoms with Crippen LogP contribution in [0, 0.1) is 12.7 Å². The van der Waals surface area contributed by atoms with Crippen LogP contribution in [0.2, 0.25) is 0 Å². The Hall–Kier alpha value is -3.21. The van der Waals surface area contributed by atoms with Crippen LogP contribution < -0.4 is 10.6 Å². The number of carbonyl (C=O) groups excluding carboxylic acids is 2. The van der Waals surface area contributed by atoms with E-state index in [4.69, 9.17) is 0 Å². The largest absolute Gasteiger partial charge is 0.420 e. The van der Waals surface area contributed by atoms with Gasteiger partial charge in [0.2, 0.25) is 0 Å². The zero-order chi connectivity index (χ0) is 21.3. The average molecular weight is 426 g/mol. The Balaban J connectivity index is 1.76. The van der Waals surface area contributed by atoms with Crippen LogP contribution in [0.5, 0.6) is 0 Å². The molecule has 0 spiro atoms. The highest BCUT2D eigenvalue weighted by atomic mass is 32.1. The zero-order valence-electron chi connectivity index (χ0n) is 15.1. The number of amides is 2. The van der Waals surface area contributed by atoms with Gasteiger partial charge in [-0.25, -0.2) is 4.39 Å². The molecule has 11 heteroatoms. The molecule has 0 aliphatic carbocycles. The van der Waals surface area contributed by atoms with Crippen molar-refractivity contribution < 1.29 is 27.2 Å². The molecule has 152 valence electrons. The summed E-state index contributed by atoms with van der Waals surface area (Å²) in [4.78, 5) is 24.7. The first-order valence-electron chi connectivity index (χ1n) is 8.14. The number of hydrogen-bond acceptors (Lipinski definition) is 4. The summed E-state index contributed by atoms with van der Waals surface area (Å²) in [6, 6.07) is 6.46. The molecule has 0 saturated carbocycles. The smallest absolute Gasteiger partial charge is 0.322 e. The highest BCUT2D eigenvalue weighted by molar-refractivity contribution is 7.14. The van der Waals surface area contributed by atoms with Gasteiger partial charge in [0.25, 0.3) is 11.8 Å². The lowest BCUT2D eigenvalue weighted by Gasteiger charge is -2.09. The van der Waals surface area contributed by atoms with E-state index in [2.05, 4.69) is 15.7 Å². The third-order valence-corrected chi connectivity index (χ3v) is 4.77. The molecule has 29 heavy (non-hydrogen) atoms. The summed E-state index contributed by atoms with van der Waals surface area (Å²) in [6.45, 7) is 1.17. The summed E-state index contributed by atoms with van der Waals surface area (Å²) in [6.07, 6.45) is -4.74. The predicted octanol–water partition coefficient (Wildman–Crippen LogP) is 4.45. The number of carbonyl (C=O) groups is 2. The molecular formula is C18H14F4N4O2S. The summed E-state index contributed by atoms with van der Waals surface area (Å²) < 4.78 is 53.5. The van der Waals surface area contributed by atoms with Crippen LogP contribution in [0.4, 0.5) is 28.3 Å². The maximum Gasteiger partial charge on any atom is 0.420 e. The minimum absolute atomic E-state index is 0.186. The number of halogens is 4. The number of aromatic nitrogens is 2. The second-order valence-electron chi connectivity index (χ2n) is 6.05. The molecule has 0 bridgehead atoms. The third-order valence-electron chi connectivity index (χ3n) is 3.92. The first-order chi connectivity index (χ1) is 13.6. The van der Waals surface area contributed by atoms with Crippen LogP contribution in [-0.4, -0.2) is 21.6 Å². The number of thiophene rings is 1. The van der Waals surface area contributed by atoms with E-state index >= 15 is 0 Å². The lowest BCUT2D eigenvalue weighted by atomic mass is 10.1. The Kier molecular flexibility index (Phi) is 5.42. The van der Waals surface area contributed by atoms with E-state index in [1.165, 1.54) is 49.7 Å². The molecule has 2 heterocycles. The number of hydrogen-bond donors (Lipinski definition) is 2. The van der Waals surface area contributed by atoms with Crippen LogP contribution in [-0.2, 0) is 13.2 Å². The van der Waals surface area contributed by atoms with Gasteiger partial charge in [-0.3, -0.25) is 14.3 Å². The summed E-state index contributed by atoms with van der Waals surface area (Å²) >= 11 is 0.976. The van der Waals surface area contributed by atoms with Crippen molar-refractivity contribution in [2.75, 3.05) is 10.6 Å². The molecule has 0 unspecified atom stereocenters. The Labute approximate surface area is 166 Å². The Morgan fingerprint density at radius 3 is 2.38 bits per heavy atom. The van der Waals surface area contributed by atoms with Gasteiger partial charge in [0.15, 0.2) is 0 Å². The number of anilines is 2. The molecule has 0 saturated heterocycles. The van der Waals surface area contributed by atoms with Crippen molar-refractivity contribution in [1.82, 2.24) is 9.78 Å². The van der Waals surface area contributed by atoms with Crippen molar-refractivity contribution in [1.29, 1.82) is 0 Å². The van der Waals surface area contributed by atoms with Gasteiger partial charge >= 0.3 is 6.18 Å². The van der Waals surface area contributed by atoms with E-state index in [1.54, 1.807) is 0 Å². The van der Waals surface area contributed by atoms with Crippen molar-refractivity contribution in [2.24, 2.45) is 7.05 Å². The second kappa shape index (κ2) is 7.66. The summed E-state index contributed by atoms with van der Waals surface area (Å²) in [7, 11) is 1.24. The van der Waals surface area contributed by atoms with Crippen LogP contribution in [0.3, 0.4) is 0 Å². The number of nitrogens with one attached hydrogen (secondary N) is 2. The normalized spacial score (nSPS) is 11.4. The fraction of sp³-hybridized carbons (Fsp3) is 0.167. The van der Waals surface area contributed by atoms with Gasteiger partial charge in [-0.05, 0) is 37.3 Å². The zero-order valence-corrected chi connectivity index (χ0v) is 15.9. The third kappa shape index (κ3) is 4.45. The van der Waals surface area contributed by atoms with Gasteiger partial charge in [-0.2, -0.15) is 18.3 Å². The molecule has 0 radical (unpaired) electrons. The molecule has 2 amide bonds. The highest BCUT2D eigenvalue weighted by Crippen LogP contribution is 2.34. The molecule has 0 atom stereocenters. The van der Waals surface area contributed by atoms with Gasteiger partial charge in [0, 0.05) is 18.1 Å². The topological polar surface area (TPSA) is 76.0 Å². The molecule has 1 aromatic carbocycles. The van der Waals surface area contributed by atoms with E-state index in [0.29, 0.717) is 5.69 Å². The molecule has 6 nitrogen and oxygen atoms in total. The lowest BCUT2D eigenvalue weighted by Crippen LogP contribution is -2.21. The molecule has 2 N–H and O–H groups in total. The molecular weight excluding hydrogens is 412 g/mol. The van der Waals surface area contributed by atoms with E-state index in [9.17, 15) is 27.2 Å². The number of nitrogens with zero attached hydrogens (tertiary/aromatic N) is 2. The maximum atomic E-state index is 13.3. The minimum Gasteiger partial charge on any atom is -0.322 e. The molecule has 0 fully saturated rings. The monoisotopic (exact) mass is 426 g/mol. The summed E-state index contributed by atoms with van der Waals surface area (Å²) in [5.41, 5.74) is -1.49. The van der Waals surface area contributed by atoms with Gasteiger partial charge in [-0.15, -0.1) is 11.3 Å². The number of aryl methyl sites for hydroxylation is 2. The van der Waals surface area contributed by atoms with E-state index in [1.807, 2.05) is 0 Å². The molecule has 3 aromatic rings. The first-order valence-corrected chi connectivity index (χ1v) is 9.02. The first kappa shape index (κ1) is 20.5. The predicted molar refractivity (Wildman–Crippen MR) is 99.6 cm³/mol. The van der Waals surface area contributed by atoms with Crippen molar-refractivity contribution in [3.8, 4) is 0 Å². The number of alkyl halides is 3. The van der Waals surface area contributed by atoms with Crippen molar-refractivity contribution in [2.45, 2.75) is 13.1 Å². The standard InChI is InChI=1S/C18H14F4N4O2S/c1-9-14(18(20,21)22)15(26(2)25-9)17(28)24-13-7-10(8-29-13)16(27)23-12-5-3-11(19)4-6-12/h3-8H,1-2H3,(H,23,27)(H,24,28). The van der Waals surface area contributed by atoms with Gasteiger partial charge in [-0.1, -0.05) is 0 Å². The SMILES string of the molecule is Cc1nn(C)c(C(=O)Nc2cc(C(=O)Nc3ccc(F)cc3)cs2)c1C(F)(F)F. The maximum absolute atomic E-state index is 13.3. The fourth-order valence-electron chi connectivity index (χ4n) is 2.69. The minimum atomic E-state index is -4.74. The van der Waals surface area contributed by atoms with Gasteiger partial charge in [0.05, 0.1) is 16.3 Å². The lowest BCUT2D eigenvalue weighted by molar-refractivity contribution is -0.138. The average Bonchev–Trinajstić information content (AvgIpc) is 3.20. The highest BCUT2D eigenvalue weighted by Gasteiger charge is 2.40. The van der Waals surface area contributed by atoms with Crippen molar-refractivity contribution in [3.63, 3.8) is 0 Å². The Morgan fingerprint density at radius 2 is 1.76 bits per heavy atom. The fourth-order valence-corrected chi connectivity index (χ4v) is 3.46. The Morgan fingerprint density at radius 1 is 1.10 bits per heavy atom. The Bertz CT molecular complexity index is 1070. The van der Waals surface area contributed by atoms with Crippen LogP contribution in [0.1, 0.15) is 32.1 Å². The van der Waals surface area contributed by atoms with Crippen LogP contribution in [0.15, 0.2) is 35.7 Å². The van der Waals surface area contributed by atoms with Crippen LogP contribution >= 0.6 is 11.3 Å². The quantitative estimate of drug-likeness (QED) is 0.605. The number of benzene rings is 1. The van der Waals surface area contributed by atoms with E-state index < -0.39 is 35.1 Å². The molecule has 2 aromatic heterocycles. The van der Waals surface area contributed by atoms with Crippen molar-refractivity contribution >= 4 is 33.8 Å². The van der Waals surface area contributed by atoms with Crippen LogP contribution in [0.25, 0.3) is 0 Å². The molecule has 0 aliphatic heterocycles. The van der Waals surface area contributed by atoms with Crippen molar-refractivity contribution in [3.05, 3.63) is 64.0 Å². The summed E-state index contributed by atoms with van der Waals surface area (Å²) in [5.74, 6) is -1.96. The number of rotatable bonds is 4. The van der Waals surface area contributed by atoms with E-state index in [0.717, 1.165) is 16.0 Å². The summed E-state index contributed by atoms with van der Waals surface area (Å²) in [5, 5.41) is 10.2. The second-order valence-corrected chi connectivity index (χ2v) is 6.96. The molecule has 0 aliphatic rings. The molecule has 3 rings (SSSR count).